The van der Waals surface area contributed by atoms with Gasteiger partial charge in [-0.25, -0.2) is 4.39 Å². The molecule has 0 unspecified atom stereocenters. The standard InChI is InChI=1S/C37H34FN5O4/c1-21(23-5-6-26(20-39)27(38)18-23)42-14-10-24-17-25(7-9-29(24)42)33-34(31-19-32(44)41-47-31)28(8-4-22-11-15-46-16-12-22)40-36-30-3-2-13-43(30)37(45)35(33)36/h5-7,9-10,14,17-19,21-22,30H,2-4,8,11-13,15-16H2,1H3,(H,41,44)/t21-,30-/m1/s1. The lowest BCUT2D eigenvalue weighted by atomic mass is 9.87. The van der Waals surface area contributed by atoms with Crippen LogP contribution in [0.2, 0.25) is 0 Å². The molecule has 2 saturated heterocycles. The van der Waals surface area contributed by atoms with Gasteiger partial charge in [0.05, 0.1) is 46.2 Å². The first-order chi connectivity index (χ1) is 22.9. The summed E-state index contributed by atoms with van der Waals surface area (Å²) in [4.78, 5) is 33.6. The number of carbonyl (C=O) groups excluding carboxylic acids is 1. The highest BCUT2D eigenvalue weighted by Crippen LogP contribution is 2.48. The van der Waals surface area contributed by atoms with Crippen LogP contribution in [0.3, 0.4) is 0 Å². The molecule has 5 aromatic rings. The minimum atomic E-state index is -0.538. The maximum absolute atomic E-state index is 14.5. The van der Waals surface area contributed by atoms with Crippen LogP contribution < -0.4 is 5.56 Å². The summed E-state index contributed by atoms with van der Waals surface area (Å²) < 4.78 is 27.9. The summed E-state index contributed by atoms with van der Waals surface area (Å²) >= 11 is 0. The van der Waals surface area contributed by atoms with Gasteiger partial charge in [-0.1, -0.05) is 12.1 Å². The van der Waals surface area contributed by atoms with E-state index < -0.39 is 5.82 Å². The zero-order chi connectivity index (χ0) is 32.2. The van der Waals surface area contributed by atoms with Gasteiger partial charge in [0.15, 0.2) is 5.76 Å². The summed E-state index contributed by atoms with van der Waals surface area (Å²) in [5.74, 6) is 0.315. The summed E-state index contributed by atoms with van der Waals surface area (Å²) in [5, 5.41) is 12.6. The Labute approximate surface area is 270 Å². The summed E-state index contributed by atoms with van der Waals surface area (Å²) in [6.45, 7) is 4.21. The molecule has 0 spiro atoms. The van der Waals surface area contributed by atoms with E-state index >= 15 is 0 Å². The number of nitrogens with zero attached hydrogens (tertiary/aromatic N) is 4. The predicted octanol–water partition coefficient (Wildman–Crippen LogP) is 6.92. The third-order valence-electron chi connectivity index (χ3n) is 10.3. The Balaban J connectivity index is 1.28. The minimum Gasteiger partial charge on any atom is -0.381 e. The quantitative estimate of drug-likeness (QED) is 0.208. The van der Waals surface area contributed by atoms with Crippen molar-refractivity contribution in [1.82, 2.24) is 19.6 Å². The van der Waals surface area contributed by atoms with E-state index in [0.717, 1.165) is 84.3 Å². The van der Waals surface area contributed by atoms with Crippen LogP contribution in [0.4, 0.5) is 4.39 Å². The highest BCUT2D eigenvalue weighted by atomic mass is 19.1. The van der Waals surface area contributed by atoms with Crippen LogP contribution in [-0.4, -0.2) is 45.3 Å². The molecular formula is C37H34FN5O4. The van der Waals surface area contributed by atoms with Gasteiger partial charge in [-0.15, -0.1) is 0 Å². The third-order valence-corrected chi connectivity index (χ3v) is 10.3. The second kappa shape index (κ2) is 11.7. The molecule has 2 fully saturated rings. The van der Waals surface area contributed by atoms with Crippen molar-refractivity contribution in [2.75, 3.05) is 19.8 Å². The minimum absolute atomic E-state index is 0.0176. The van der Waals surface area contributed by atoms with Crippen LogP contribution in [0.5, 0.6) is 0 Å². The van der Waals surface area contributed by atoms with Gasteiger partial charge in [-0.2, -0.15) is 10.4 Å². The van der Waals surface area contributed by atoms with E-state index in [0.29, 0.717) is 35.8 Å². The molecule has 2 atom stereocenters. The molecule has 1 N–H and O–H groups in total. The number of rotatable bonds is 7. The molecule has 9 nitrogen and oxygen atoms in total. The fourth-order valence-corrected chi connectivity index (χ4v) is 7.77. The fraction of sp³-hybridized carbons (Fsp3) is 0.351. The SMILES string of the molecule is C[C@H](c1ccc(C#N)c(F)c1)n1ccc2cc(-c3c4c(nc(CCC5CCOCC5)c3-c3cc(=O)[nH]o3)[C@H]3CCCN3C4=O)ccc21. The number of benzene rings is 2. The zero-order valence-electron chi connectivity index (χ0n) is 26.1. The summed E-state index contributed by atoms with van der Waals surface area (Å²) in [6, 6.07) is 15.9. The average molecular weight is 632 g/mol. The molecule has 3 aliphatic heterocycles. The van der Waals surface area contributed by atoms with E-state index in [9.17, 15) is 14.0 Å². The maximum Gasteiger partial charge on any atom is 0.280 e. The second-order valence-electron chi connectivity index (χ2n) is 12.9. The summed E-state index contributed by atoms with van der Waals surface area (Å²) in [5.41, 5.74) is 5.87. The van der Waals surface area contributed by atoms with E-state index in [-0.39, 0.29) is 29.1 Å². The largest absolute Gasteiger partial charge is 0.381 e. The lowest BCUT2D eigenvalue weighted by Gasteiger charge is -2.23. The Bertz CT molecular complexity index is 2130. The first-order valence-electron chi connectivity index (χ1n) is 16.4. The highest BCUT2D eigenvalue weighted by Gasteiger charge is 2.44. The molecule has 47 heavy (non-hydrogen) atoms. The first kappa shape index (κ1) is 29.4. The Morgan fingerprint density at radius 2 is 1.91 bits per heavy atom. The van der Waals surface area contributed by atoms with Crippen molar-refractivity contribution in [1.29, 1.82) is 5.26 Å². The number of nitriles is 1. The number of fused-ring (bicyclic) bond motifs is 4. The number of hydrogen-bond donors (Lipinski definition) is 1. The number of aromatic nitrogens is 3. The topological polar surface area (TPSA) is 117 Å². The number of halogens is 1. The number of nitrogens with one attached hydrogen (secondary N) is 1. The Hall–Kier alpha value is -5.01. The first-order valence-corrected chi connectivity index (χ1v) is 16.4. The number of amides is 1. The molecule has 0 radical (unpaired) electrons. The summed E-state index contributed by atoms with van der Waals surface area (Å²) in [6.07, 6.45) is 7.41. The van der Waals surface area contributed by atoms with Crippen LogP contribution in [0.25, 0.3) is 33.4 Å². The number of aromatic amines is 1. The highest BCUT2D eigenvalue weighted by molar-refractivity contribution is 6.09. The van der Waals surface area contributed by atoms with Gasteiger partial charge in [-0.3, -0.25) is 14.6 Å². The molecule has 0 aliphatic carbocycles. The number of H-pyrrole nitrogens is 1. The Morgan fingerprint density at radius 1 is 1.06 bits per heavy atom. The molecule has 0 bridgehead atoms. The average Bonchev–Trinajstić information content (AvgIpc) is 3.89. The lowest BCUT2D eigenvalue weighted by Crippen LogP contribution is -2.22. The predicted molar refractivity (Wildman–Crippen MR) is 173 cm³/mol. The monoisotopic (exact) mass is 631 g/mol. The van der Waals surface area contributed by atoms with Crippen LogP contribution >= 0.6 is 0 Å². The zero-order valence-corrected chi connectivity index (χ0v) is 26.1. The van der Waals surface area contributed by atoms with Crippen molar-refractivity contribution in [3.8, 4) is 28.5 Å². The van der Waals surface area contributed by atoms with E-state index in [1.165, 1.54) is 18.2 Å². The van der Waals surface area contributed by atoms with E-state index in [1.54, 1.807) is 6.07 Å². The molecular weight excluding hydrogens is 597 g/mol. The molecule has 0 saturated carbocycles. The van der Waals surface area contributed by atoms with Crippen LogP contribution in [0.15, 0.2) is 64.0 Å². The number of aryl methyl sites for hydroxylation is 1. The Kier molecular flexibility index (Phi) is 7.29. The molecule has 3 aliphatic rings. The van der Waals surface area contributed by atoms with Crippen molar-refractivity contribution >= 4 is 16.8 Å². The van der Waals surface area contributed by atoms with Crippen molar-refractivity contribution in [3.63, 3.8) is 0 Å². The fourth-order valence-electron chi connectivity index (χ4n) is 7.77. The molecule has 6 heterocycles. The third kappa shape index (κ3) is 4.97. The van der Waals surface area contributed by atoms with Gasteiger partial charge in [0, 0.05) is 42.4 Å². The smallest absolute Gasteiger partial charge is 0.280 e. The van der Waals surface area contributed by atoms with E-state index in [4.69, 9.17) is 19.5 Å². The number of carbonyl (C=O) groups is 1. The molecule has 238 valence electrons. The molecule has 8 rings (SSSR count). The van der Waals surface area contributed by atoms with Crippen molar-refractivity contribution in [2.24, 2.45) is 5.92 Å². The lowest BCUT2D eigenvalue weighted by molar-refractivity contribution is 0.0639. The van der Waals surface area contributed by atoms with Gasteiger partial charge in [0.25, 0.3) is 11.5 Å². The molecule has 1 amide bonds. The van der Waals surface area contributed by atoms with Crippen molar-refractivity contribution in [3.05, 3.63) is 99.0 Å². The molecule has 10 heteroatoms. The number of ether oxygens (including phenoxy) is 1. The van der Waals surface area contributed by atoms with Crippen LogP contribution in [0.1, 0.15) is 84.0 Å². The normalized spacial score (nSPS) is 18.4. The van der Waals surface area contributed by atoms with Crippen LogP contribution in [0, 0.1) is 23.1 Å². The molecule has 2 aromatic carbocycles. The van der Waals surface area contributed by atoms with Crippen LogP contribution in [-0.2, 0) is 11.2 Å². The summed E-state index contributed by atoms with van der Waals surface area (Å²) in [7, 11) is 0. The van der Waals surface area contributed by atoms with E-state index in [1.807, 2.05) is 42.3 Å². The van der Waals surface area contributed by atoms with E-state index in [2.05, 4.69) is 15.8 Å². The van der Waals surface area contributed by atoms with Gasteiger partial charge in [-0.05, 0) is 92.8 Å². The second-order valence-corrected chi connectivity index (χ2v) is 12.9. The molecule has 3 aromatic heterocycles. The Morgan fingerprint density at radius 3 is 2.68 bits per heavy atom. The number of hydrogen-bond acceptors (Lipinski definition) is 6. The van der Waals surface area contributed by atoms with Gasteiger partial charge in [0.2, 0.25) is 0 Å². The van der Waals surface area contributed by atoms with Gasteiger partial charge < -0.3 is 18.7 Å². The van der Waals surface area contributed by atoms with Gasteiger partial charge >= 0.3 is 0 Å². The maximum atomic E-state index is 14.5. The number of pyridine rings is 1. The van der Waals surface area contributed by atoms with Gasteiger partial charge in [0.1, 0.15) is 11.9 Å². The van der Waals surface area contributed by atoms with Crippen molar-refractivity contribution in [2.45, 2.75) is 57.5 Å². The van der Waals surface area contributed by atoms with Crippen molar-refractivity contribution < 1.29 is 18.4 Å².